The van der Waals surface area contributed by atoms with Crippen LogP contribution in [0.5, 0.6) is 0 Å². The predicted octanol–water partition coefficient (Wildman–Crippen LogP) is 3.41. The molecule has 6 nitrogen and oxygen atoms in total. The molecule has 0 saturated heterocycles. The molecule has 2 amide bonds. The number of hydrogen-bond donors (Lipinski definition) is 2. The maximum absolute atomic E-state index is 12.8. The minimum atomic E-state index is -0.206. The second kappa shape index (κ2) is 8.75. The number of nitrogens with zero attached hydrogens (tertiary/aromatic N) is 1. The van der Waals surface area contributed by atoms with Crippen LogP contribution in [0.4, 0.5) is 5.00 Å². The molecule has 0 aliphatic heterocycles. The average molecular weight is 394 g/mol. The highest BCUT2D eigenvalue weighted by molar-refractivity contribution is 7.17. The Kier molecular flexibility index (Phi) is 6.39. The minimum absolute atomic E-state index is 0.115. The zero-order valence-electron chi connectivity index (χ0n) is 15.0. The van der Waals surface area contributed by atoms with Gasteiger partial charge in [-0.2, -0.15) is 0 Å². The van der Waals surface area contributed by atoms with Crippen LogP contribution in [-0.2, 0) is 17.6 Å². The molecule has 1 aliphatic carbocycles. The van der Waals surface area contributed by atoms with E-state index >= 15 is 0 Å². The number of aromatic nitrogens is 1. The van der Waals surface area contributed by atoms with Crippen molar-refractivity contribution in [3.63, 3.8) is 0 Å². The van der Waals surface area contributed by atoms with E-state index in [0.717, 1.165) is 42.7 Å². The molecule has 1 aliphatic rings. The van der Waals surface area contributed by atoms with Gasteiger partial charge in [0.25, 0.3) is 11.8 Å². The standard InChI is InChI=1S/C18H23N3O3S2/c1-11-20-10-14(25-11)16(22)21-18-15(17(23)19-8-5-9-24-2)12-6-3-4-7-13(12)26-18/h10H,3-9H2,1-2H3,(H,19,23)(H,21,22). The van der Waals surface area contributed by atoms with Gasteiger partial charge in [-0.1, -0.05) is 0 Å². The maximum atomic E-state index is 12.8. The van der Waals surface area contributed by atoms with Gasteiger partial charge in [-0.25, -0.2) is 4.98 Å². The van der Waals surface area contributed by atoms with Crippen molar-refractivity contribution in [2.24, 2.45) is 0 Å². The maximum Gasteiger partial charge on any atom is 0.268 e. The molecule has 0 atom stereocenters. The lowest BCUT2D eigenvalue weighted by Crippen LogP contribution is -2.27. The number of anilines is 1. The molecule has 0 radical (unpaired) electrons. The quantitative estimate of drug-likeness (QED) is 0.707. The number of hydrogen-bond acceptors (Lipinski definition) is 6. The number of thiophene rings is 1. The average Bonchev–Trinajstić information content (AvgIpc) is 3.21. The molecule has 0 bridgehead atoms. The first-order valence-electron chi connectivity index (χ1n) is 8.75. The smallest absolute Gasteiger partial charge is 0.268 e. The Bertz CT molecular complexity index is 798. The first kappa shape index (κ1) is 19.0. The number of carbonyl (C=O) groups excluding carboxylic acids is 2. The van der Waals surface area contributed by atoms with E-state index in [1.165, 1.54) is 27.6 Å². The molecular formula is C18H23N3O3S2. The summed E-state index contributed by atoms with van der Waals surface area (Å²) in [5.74, 6) is -0.320. The molecule has 3 rings (SSSR count). The van der Waals surface area contributed by atoms with Gasteiger partial charge in [0.05, 0.1) is 16.8 Å². The first-order valence-corrected chi connectivity index (χ1v) is 10.4. The van der Waals surface area contributed by atoms with E-state index in [0.29, 0.717) is 28.6 Å². The molecule has 0 aromatic carbocycles. The van der Waals surface area contributed by atoms with Crippen LogP contribution in [0.3, 0.4) is 0 Å². The number of amides is 2. The summed E-state index contributed by atoms with van der Waals surface area (Å²) in [5.41, 5.74) is 1.73. The minimum Gasteiger partial charge on any atom is -0.385 e. The zero-order valence-corrected chi connectivity index (χ0v) is 16.6. The second-order valence-corrected chi connectivity index (χ2v) is 8.55. The molecule has 0 spiro atoms. The topological polar surface area (TPSA) is 80.3 Å². The fraction of sp³-hybridized carbons (Fsp3) is 0.500. The molecule has 0 unspecified atom stereocenters. The summed E-state index contributed by atoms with van der Waals surface area (Å²) in [6.07, 6.45) is 6.41. The monoisotopic (exact) mass is 393 g/mol. The molecule has 2 aromatic rings. The highest BCUT2D eigenvalue weighted by atomic mass is 32.1. The summed E-state index contributed by atoms with van der Waals surface area (Å²) in [7, 11) is 1.64. The van der Waals surface area contributed by atoms with Gasteiger partial charge in [-0.05, 0) is 44.6 Å². The van der Waals surface area contributed by atoms with E-state index < -0.39 is 0 Å². The third-order valence-corrected chi connectivity index (χ3v) is 6.40. The van der Waals surface area contributed by atoms with Gasteiger partial charge in [0, 0.05) is 25.1 Å². The number of aryl methyl sites for hydroxylation is 2. The van der Waals surface area contributed by atoms with Crippen molar-refractivity contribution in [1.29, 1.82) is 0 Å². The summed E-state index contributed by atoms with van der Waals surface area (Å²) < 4.78 is 5.02. The number of thiazole rings is 1. The van der Waals surface area contributed by atoms with E-state index in [2.05, 4.69) is 15.6 Å². The fourth-order valence-electron chi connectivity index (χ4n) is 3.03. The van der Waals surface area contributed by atoms with Crippen LogP contribution < -0.4 is 10.6 Å². The molecular weight excluding hydrogens is 370 g/mol. The second-order valence-electron chi connectivity index (χ2n) is 6.21. The first-order chi connectivity index (χ1) is 12.6. The molecule has 2 heterocycles. The number of fused-ring (bicyclic) bond motifs is 1. The summed E-state index contributed by atoms with van der Waals surface area (Å²) in [4.78, 5) is 31.2. The van der Waals surface area contributed by atoms with Gasteiger partial charge in [-0.3, -0.25) is 9.59 Å². The summed E-state index contributed by atoms with van der Waals surface area (Å²) in [5, 5.41) is 7.39. The highest BCUT2D eigenvalue weighted by Gasteiger charge is 2.26. The van der Waals surface area contributed by atoms with Crippen molar-refractivity contribution in [2.45, 2.75) is 39.0 Å². The van der Waals surface area contributed by atoms with E-state index in [4.69, 9.17) is 4.74 Å². The van der Waals surface area contributed by atoms with Gasteiger partial charge >= 0.3 is 0 Å². The van der Waals surface area contributed by atoms with Gasteiger partial charge in [-0.15, -0.1) is 22.7 Å². The van der Waals surface area contributed by atoms with Gasteiger partial charge < -0.3 is 15.4 Å². The van der Waals surface area contributed by atoms with Crippen molar-refractivity contribution >= 4 is 39.5 Å². The Balaban J connectivity index is 1.81. The fourth-order valence-corrected chi connectivity index (χ4v) is 4.99. The van der Waals surface area contributed by atoms with Crippen LogP contribution in [0.15, 0.2) is 6.20 Å². The van der Waals surface area contributed by atoms with Gasteiger partial charge in [0.15, 0.2) is 0 Å². The molecule has 2 aromatic heterocycles. The van der Waals surface area contributed by atoms with Gasteiger partial charge in [0.2, 0.25) is 0 Å². The lowest BCUT2D eigenvalue weighted by atomic mass is 9.95. The Labute approximate surface area is 161 Å². The van der Waals surface area contributed by atoms with Crippen molar-refractivity contribution in [1.82, 2.24) is 10.3 Å². The highest BCUT2D eigenvalue weighted by Crippen LogP contribution is 2.38. The van der Waals surface area contributed by atoms with Gasteiger partial charge in [0.1, 0.15) is 9.88 Å². The van der Waals surface area contributed by atoms with Crippen LogP contribution in [-0.4, -0.2) is 37.1 Å². The molecule has 8 heteroatoms. The largest absolute Gasteiger partial charge is 0.385 e. The Morgan fingerprint density at radius 3 is 2.77 bits per heavy atom. The summed E-state index contributed by atoms with van der Waals surface area (Å²) >= 11 is 2.88. The Morgan fingerprint density at radius 1 is 1.23 bits per heavy atom. The normalized spacial score (nSPS) is 13.3. The van der Waals surface area contributed by atoms with Crippen LogP contribution in [0.25, 0.3) is 0 Å². The number of methoxy groups -OCH3 is 1. The van der Waals surface area contributed by atoms with E-state index in [9.17, 15) is 9.59 Å². The summed E-state index contributed by atoms with van der Waals surface area (Å²) in [6, 6.07) is 0. The van der Waals surface area contributed by atoms with E-state index in [-0.39, 0.29) is 11.8 Å². The lowest BCUT2D eigenvalue weighted by molar-refractivity contribution is 0.0948. The number of nitrogens with one attached hydrogen (secondary N) is 2. The van der Waals surface area contributed by atoms with E-state index in [1.807, 2.05) is 6.92 Å². The van der Waals surface area contributed by atoms with Crippen LogP contribution in [0, 0.1) is 6.92 Å². The van der Waals surface area contributed by atoms with Crippen LogP contribution in [0.2, 0.25) is 0 Å². The molecule has 0 fully saturated rings. The van der Waals surface area contributed by atoms with Crippen molar-refractivity contribution in [2.75, 3.05) is 25.6 Å². The van der Waals surface area contributed by atoms with Crippen molar-refractivity contribution in [3.8, 4) is 0 Å². The number of carbonyl (C=O) groups is 2. The predicted molar refractivity (Wildman–Crippen MR) is 105 cm³/mol. The molecule has 26 heavy (non-hydrogen) atoms. The number of rotatable bonds is 7. The van der Waals surface area contributed by atoms with Crippen molar-refractivity contribution < 1.29 is 14.3 Å². The third-order valence-electron chi connectivity index (χ3n) is 4.28. The lowest BCUT2D eigenvalue weighted by Gasteiger charge is -2.13. The number of ether oxygens (including phenoxy) is 1. The van der Waals surface area contributed by atoms with Crippen LogP contribution in [0.1, 0.15) is 54.7 Å². The van der Waals surface area contributed by atoms with Crippen molar-refractivity contribution in [3.05, 3.63) is 32.1 Å². The Hall–Kier alpha value is -1.77. The summed E-state index contributed by atoms with van der Waals surface area (Å²) in [6.45, 7) is 3.03. The molecule has 2 N–H and O–H groups in total. The SMILES string of the molecule is COCCCNC(=O)c1c(NC(=O)c2cnc(C)s2)sc2c1CCCC2. The molecule has 0 saturated carbocycles. The van der Waals surface area contributed by atoms with Crippen LogP contribution >= 0.6 is 22.7 Å². The van der Waals surface area contributed by atoms with E-state index in [1.54, 1.807) is 13.3 Å². The third kappa shape index (κ3) is 4.31. The Morgan fingerprint density at radius 2 is 2.04 bits per heavy atom. The molecule has 140 valence electrons. The zero-order chi connectivity index (χ0) is 18.5.